The molecule has 37 heavy (non-hydrogen) atoms. The van der Waals surface area contributed by atoms with Crippen LogP contribution in [0.25, 0.3) is 10.9 Å². The van der Waals surface area contributed by atoms with E-state index < -0.39 is 17.5 Å². The first-order valence-corrected chi connectivity index (χ1v) is 14.1. The molecule has 3 aromatic rings. The molecule has 0 radical (unpaired) electrons. The highest BCUT2D eigenvalue weighted by Gasteiger charge is 2.41. The van der Waals surface area contributed by atoms with Gasteiger partial charge in [0.1, 0.15) is 5.75 Å². The average molecular weight is 543 g/mol. The fraction of sp³-hybridized carbons (Fsp3) is 0.448. The maximum atomic E-state index is 12.4. The zero-order valence-electron chi connectivity index (χ0n) is 21.5. The zero-order valence-corrected chi connectivity index (χ0v) is 23.0. The van der Waals surface area contributed by atoms with Crippen LogP contribution >= 0.6 is 23.4 Å². The third kappa shape index (κ3) is 6.58. The summed E-state index contributed by atoms with van der Waals surface area (Å²) in [5, 5.41) is 22.4. The first-order valence-electron chi connectivity index (χ1n) is 12.8. The number of likely N-dealkylation sites (tertiary alicyclic amines) is 1. The Morgan fingerprint density at radius 3 is 2.70 bits per heavy atom. The lowest BCUT2D eigenvalue weighted by molar-refractivity contribution is -0.153. The molecule has 1 atom stereocenters. The van der Waals surface area contributed by atoms with E-state index in [2.05, 4.69) is 41.1 Å². The number of rotatable bonds is 11. The molecule has 1 aromatic heterocycles. The number of aliphatic hydroxyl groups excluding tert-OH is 1. The second-order valence-corrected chi connectivity index (χ2v) is 11.4. The molecule has 8 heteroatoms. The summed E-state index contributed by atoms with van der Waals surface area (Å²) in [6.45, 7) is 4.62. The quantitative estimate of drug-likeness (QED) is 0.215. The molecule has 1 fully saturated rings. The molecule has 1 aliphatic heterocycles. The molecule has 1 aliphatic rings. The number of fused-ring (bicyclic) bond motifs is 1. The number of hydrogen-bond acceptors (Lipinski definition) is 6. The van der Waals surface area contributed by atoms with Crippen molar-refractivity contribution >= 4 is 40.2 Å². The van der Waals surface area contributed by atoms with Crippen molar-refractivity contribution in [2.45, 2.75) is 50.0 Å². The van der Waals surface area contributed by atoms with Crippen LogP contribution in [0.2, 0.25) is 5.02 Å². The van der Waals surface area contributed by atoms with Crippen LogP contribution < -0.4 is 4.74 Å². The van der Waals surface area contributed by atoms with Crippen LogP contribution in [-0.2, 0) is 4.79 Å². The summed E-state index contributed by atoms with van der Waals surface area (Å²) in [4.78, 5) is 20.4. The molecule has 4 rings (SSSR count). The molecule has 198 valence electrons. The number of aromatic nitrogens is 1. The number of pyridine rings is 1. The molecule has 0 saturated carbocycles. The second-order valence-electron chi connectivity index (χ2n) is 9.85. The van der Waals surface area contributed by atoms with Crippen LogP contribution in [0.15, 0.2) is 53.6 Å². The van der Waals surface area contributed by atoms with Crippen molar-refractivity contribution in [1.29, 1.82) is 0 Å². The monoisotopic (exact) mass is 542 g/mol. The molecule has 2 aromatic carbocycles. The Hall–Kier alpha value is -2.32. The van der Waals surface area contributed by atoms with Crippen LogP contribution in [0.1, 0.15) is 49.3 Å². The standard InChI is InChI=1S/C29H35ClN2O4S/c1-20-6-3-4-7-26(20)37-17-5-14-32-15-12-29(13-16-32,28(34)35)11-10-25(33)27-22-18-21(36-2)8-9-24(22)31-19-23(27)30/h3-4,6-9,18-19,25,33H,5,10-17H2,1-2H3,(H,34,35). The number of aliphatic hydroxyl groups is 1. The minimum atomic E-state index is -0.891. The van der Waals surface area contributed by atoms with Crippen molar-refractivity contribution in [3.63, 3.8) is 0 Å². The molecule has 2 heterocycles. The number of hydrogen-bond donors (Lipinski definition) is 2. The molecular weight excluding hydrogens is 508 g/mol. The van der Waals surface area contributed by atoms with Gasteiger partial charge < -0.3 is 19.8 Å². The van der Waals surface area contributed by atoms with E-state index in [-0.39, 0.29) is 0 Å². The maximum Gasteiger partial charge on any atom is 0.309 e. The van der Waals surface area contributed by atoms with E-state index in [4.69, 9.17) is 16.3 Å². The Balaban J connectivity index is 1.33. The summed E-state index contributed by atoms with van der Waals surface area (Å²) in [5.41, 5.74) is 1.76. The van der Waals surface area contributed by atoms with Gasteiger partial charge in [-0.15, -0.1) is 11.8 Å². The van der Waals surface area contributed by atoms with Gasteiger partial charge in [-0.2, -0.15) is 0 Å². The number of thioether (sulfide) groups is 1. The van der Waals surface area contributed by atoms with E-state index in [1.165, 1.54) is 16.7 Å². The van der Waals surface area contributed by atoms with Crippen LogP contribution in [0, 0.1) is 12.3 Å². The average Bonchev–Trinajstić information content (AvgIpc) is 2.90. The summed E-state index contributed by atoms with van der Waals surface area (Å²) >= 11 is 8.33. The van der Waals surface area contributed by atoms with Crippen LogP contribution in [0.3, 0.4) is 0 Å². The number of carbonyl (C=O) groups is 1. The number of carboxylic acid groups (broad SMARTS) is 1. The number of halogens is 1. The van der Waals surface area contributed by atoms with Crippen molar-refractivity contribution in [1.82, 2.24) is 9.88 Å². The van der Waals surface area contributed by atoms with Gasteiger partial charge in [0.25, 0.3) is 0 Å². The zero-order chi connectivity index (χ0) is 26.4. The molecule has 1 unspecified atom stereocenters. The number of benzene rings is 2. The predicted octanol–water partition coefficient (Wildman–Crippen LogP) is 6.37. The summed E-state index contributed by atoms with van der Waals surface area (Å²) < 4.78 is 5.34. The summed E-state index contributed by atoms with van der Waals surface area (Å²) in [5.74, 6) is 0.918. The summed E-state index contributed by atoms with van der Waals surface area (Å²) in [6, 6.07) is 13.9. The number of aryl methyl sites for hydroxylation is 1. The Kier molecular flexibility index (Phi) is 9.35. The van der Waals surface area contributed by atoms with Gasteiger partial charge in [-0.3, -0.25) is 9.78 Å². The Labute approximate surface area is 228 Å². The highest BCUT2D eigenvalue weighted by molar-refractivity contribution is 7.99. The van der Waals surface area contributed by atoms with E-state index >= 15 is 0 Å². The second kappa shape index (κ2) is 12.5. The first-order chi connectivity index (χ1) is 17.8. The number of methoxy groups -OCH3 is 1. The van der Waals surface area contributed by atoms with Gasteiger partial charge in [0.2, 0.25) is 0 Å². The summed E-state index contributed by atoms with van der Waals surface area (Å²) in [6.07, 6.45) is 3.59. The van der Waals surface area contributed by atoms with Gasteiger partial charge >= 0.3 is 5.97 Å². The van der Waals surface area contributed by atoms with Crippen molar-refractivity contribution in [3.05, 3.63) is 64.8 Å². The Morgan fingerprint density at radius 2 is 2.00 bits per heavy atom. The van der Waals surface area contributed by atoms with Crippen molar-refractivity contribution < 1.29 is 19.7 Å². The normalized spacial score (nSPS) is 16.5. The van der Waals surface area contributed by atoms with E-state index in [0.29, 0.717) is 47.5 Å². The molecule has 0 spiro atoms. The maximum absolute atomic E-state index is 12.4. The minimum absolute atomic E-state index is 0.315. The highest BCUT2D eigenvalue weighted by Crippen LogP contribution is 2.41. The lowest BCUT2D eigenvalue weighted by atomic mass is 9.74. The van der Waals surface area contributed by atoms with Crippen LogP contribution in [-0.4, -0.2) is 58.6 Å². The third-order valence-corrected chi connectivity index (χ3v) is 9.10. The van der Waals surface area contributed by atoms with Gasteiger partial charge in [0, 0.05) is 22.0 Å². The van der Waals surface area contributed by atoms with Crippen molar-refractivity contribution in [2.24, 2.45) is 5.41 Å². The Morgan fingerprint density at radius 1 is 1.24 bits per heavy atom. The van der Waals surface area contributed by atoms with Crippen molar-refractivity contribution in [2.75, 3.05) is 32.5 Å². The van der Waals surface area contributed by atoms with Gasteiger partial charge in [-0.25, -0.2) is 0 Å². The van der Waals surface area contributed by atoms with Crippen molar-refractivity contribution in [3.8, 4) is 5.75 Å². The van der Waals surface area contributed by atoms with E-state index in [9.17, 15) is 15.0 Å². The summed E-state index contributed by atoms with van der Waals surface area (Å²) in [7, 11) is 1.58. The smallest absolute Gasteiger partial charge is 0.309 e. The van der Waals surface area contributed by atoms with E-state index in [0.717, 1.165) is 37.2 Å². The highest BCUT2D eigenvalue weighted by atomic mass is 35.5. The fourth-order valence-corrected chi connectivity index (χ4v) is 6.40. The SMILES string of the molecule is COc1ccc2ncc(Cl)c(C(O)CCC3(C(=O)O)CCN(CCCSc4ccccc4C)CC3)c2c1. The number of ether oxygens (including phenoxy) is 1. The predicted molar refractivity (Wildman–Crippen MR) is 150 cm³/mol. The number of piperidine rings is 1. The molecule has 0 aliphatic carbocycles. The molecule has 6 nitrogen and oxygen atoms in total. The topological polar surface area (TPSA) is 82.9 Å². The number of aliphatic carboxylic acids is 1. The van der Waals surface area contributed by atoms with Gasteiger partial charge in [0.15, 0.2) is 0 Å². The van der Waals surface area contributed by atoms with Crippen LogP contribution in [0.4, 0.5) is 0 Å². The molecule has 0 amide bonds. The number of nitrogens with zero attached hydrogens (tertiary/aromatic N) is 2. The number of carboxylic acids is 1. The van der Waals surface area contributed by atoms with Crippen LogP contribution in [0.5, 0.6) is 5.75 Å². The van der Waals surface area contributed by atoms with Gasteiger partial charge in [-0.05, 0) is 94.2 Å². The lowest BCUT2D eigenvalue weighted by Gasteiger charge is -2.39. The Bertz CT molecular complexity index is 1230. The minimum Gasteiger partial charge on any atom is -0.497 e. The van der Waals surface area contributed by atoms with E-state index in [1.54, 1.807) is 7.11 Å². The van der Waals surface area contributed by atoms with E-state index in [1.807, 2.05) is 30.0 Å². The molecule has 0 bridgehead atoms. The lowest BCUT2D eigenvalue weighted by Crippen LogP contribution is -2.44. The van der Waals surface area contributed by atoms with Gasteiger partial charge in [-0.1, -0.05) is 29.8 Å². The largest absolute Gasteiger partial charge is 0.497 e. The molecule has 1 saturated heterocycles. The fourth-order valence-electron chi connectivity index (χ4n) is 5.15. The molecular formula is C29H35ClN2O4S. The third-order valence-electron chi connectivity index (χ3n) is 7.53. The first kappa shape index (κ1) is 27.7. The van der Waals surface area contributed by atoms with Gasteiger partial charge in [0.05, 0.1) is 29.2 Å². The molecule has 2 N–H and O–H groups in total.